The summed E-state index contributed by atoms with van der Waals surface area (Å²) in [5, 5.41) is 2.81. The molecule has 0 saturated carbocycles. The molecule has 1 aliphatic heterocycles. The van der Waals surface area contributed by atoms with Gasteiger partial charge in [0.15, 0.2) is 0 Å². The molecule has 2 aromatic carbocycles. The number of likely N-dealkylation sites (N-methyl/N-ethyl adjacent to an activating group) is 1. The summed E-state index contributed by atoms with van der Waals surface area (Å²) in [6, 6.07) is 16.4. The first-order valence-electron chi connectivity index (χ1n) is 8.06. The molecule has 0 aliphatic carbocycles. The van der Waals surface area contributed by atoms with Crippen molar-refractivity contribution in [2.75, 3.05) is 14.2 Å². The Bertz CT molecular complexity index is 797. The largest absolute Gasteiger partial charge is 0.497 e. The Labute approximate surface area is 146 Å². The number of hydrogen-bond donors (Lipinski definition) is 1. The first-order chi connectivity index (χ1) is 12.1. The van der Waals surface area contributed by atoms with Crippen LogP contribution < -0.4 is 10.1 Å². The molecule has 1 saturated heterocycles. The van der Waals surface area contributed by atoms with Crippen LogP contribution in [0.4, 0.5) is 0 Å². The average molecular weight is 336 g/mol. The smallest absolute Gasteiger partial charge is 0.268 e. The molecule has 0 spiro atoms. The molecule has 1 N–H and O–H groups in total. The van der Waals surface area contributed by atoms with E-state index in [9.17, 15) is 9.59 Å². The number of ether oxygens (including phenoxy) is 1. The Kier molecular flexibility index (Phi) is 4.84. The number of piperazine rings is 1. The molecular weight excluding hydrogens is 316 g/mol. The van der Waals surface area contributed by atoms with Crippen molar-refractivity contribution >= 4 is 17.9 Å². The van der Waals surface area contributed by atoms with Gasteiger partial charge >= 0.3 is 0 Å². The molecule has 5 nitrogen and oxygen atoms in total. The quantitative estimate of drug-likeness (QED) is 0.871. The molecule has 5 heteroatoms. The Morgan fingerprint density at radius 3 is 2.40 bits per heavy atom. The maximum absolute atomic E-state index is 12.6. The molecule has 25 heavy (non-hydrogen) atoms. The lowest BCUT2D eigenvalue weighted by Crippen LogP contribution is -2.56. The second kappa shape index (κ2) is 7.21. The predicted octanol–water partition coefficient (Wildman–Crippen LogP) is 2.24. The number of methoxy groups -OCH3 is 1. The van der Waals surface area contributed by atoms with Gasteiger partial charge in [-0.1, -0.05) is 42.5 Å². The van der Waals surface area contributed by atoms with Crippen molar-refractivity contribution in [1.29, 1.82) is 0 Å². The van der Waals surface area contributed by atoms with E-state index in [0.717, 1.165) is 16.9 Å². The molecule has 0 radical (unpaired) electrons. The summed E-state index contributed by atoms with van der Waals surface area (Å²) in [4.78, 5) is 26.5. The average Bonchev–Trinajstić information content (AvgIpc) is 2.64. The SMILES string of the molecule is COc1ccc(/C=C2/C(=O)N[C@@H](Cc3ccccc3)C(=O)N2C)cc1. The first-order valence-corrected chi connectivity index (χ1v) is 8.06. The zero-order chi connectivity index (χ0) is 17.8. The van der Waals surface area contributed by atoms with E-state index in [-0.39, 0.29) is 11.8 Å². The van der Waals surface area contributed by atoms with Crippen LogP contribution in [0.15, 0.2) is 60.3 Å². The summed E-state index contributed by atoms with van der Waals surface area (Å²) in [6.07, 6.45) is 2.18. The second-order valence-corrected chi connectivity index (χ2v) is 5.92. The summed E-state index contributed by atoms with van der Waals surface area (Å²) < 4.78 is 5.12. The number of amides is 2. The van der Waals surface area contributed by atoms with Gasteiger partial charge in [-0.2, -0.15) is 0 Å². The van der Waals surface area contributed by atoms with E-state index in [1.807, 2.05) is 54.6 Å². The fourth-order valence-corrected chi connectivity index (χ4v) is 2.81. The molecule has 1 aliphatic rings. The maximum Gasteiger partial charge on any atom is 0.268 e. The second-order valence-electron chi connectivity index (χ2n) is 5.92. The highest BCUT2D eigenvalue weighted by Crippen LogP contribution is 2.19. The predicted molar refractivity (Wildman–Crippen MR) is 95.8 cm³/mol. The standard InChI is InChI=1S/C20H20N2O3/c1-22-18(13-15-8-10-16(25-2)11-9-15)19(23)21-17(20(22)24)12-14-6-4-3-5-7-14/h3-11,13,17H,12H2,1-2H3,(H,21,23)/b18-13-/t17-/m0/s1. The van der Waals surface area contributed by atoms with Crippen LogP contribution in [0, 0.1) is 0 Å². The van der Waals surface area contributed by atoms with Crippen molar-refractivity contribution in [1.82, 2.24) is 10.2 Å². The van der Waals surface area contributed by atoms with E-state index in [2.05, 4.69) is 5.32 Å². The van der Waals surface area contributed by atoms with E-state index in [1.54, 1.807) is 20.2 Å². The van der Waals surface area contributed by atoms with E-state index in [0.29, 0.717) is 12.1 Å². The third-order valence-electron chi connectivity index (χ3n) is 4.23. The van der Waals surface area contributed by atoms with Gasteiger partial charge in [-0.3, -0.25) is 9.59 Å². The van der Waals surface area contributed by atoms with Crippen molar-refractivity contribution in [2.24, 2.45) is 0 Å². The van der Waals surface area contributed by atoms with Gasteiger partial charge in [0.2, 0.25) is 5.91 Å². The lowest BCUT2D eigenvalue weighted by Gasteiger charge is -2.32. The minimum Gasteiger partial charge on any atom is -0.497 e. The van der Waals surface area contributed by atoms with Crippen LogP contribution in [-0.4, -0.2) is 36.9 Å². The zero-order valence-corrected chi connectivity index (χ0v) is 14.2. The zero-order valence-electron chi connectivity index (χ0n) is 14.2. The normalized spacial score (nSPS) is 19.0. The van der Waals surface area contributed by atoms with Gasteiger partial charge in [-0.25, -0.2) is 0 Å². The Morgan fingerprint density at radius 1 is 1.08 bits per heavy atom. The van der Waals surface area contributed by atoms with Crippen LogP contribution in [0.3, 0.4) is 0 Å². The van der Waals surface area contributed by atoms with E-state index in [4.69, 9.17) is 4.74 Å². The van der Waals surface area contributed by atoms with Crippen LogP contribution in [0.25, 0.3) is 6.08 Å². The summed E-state index contributed by atoms with van der Waals surface area (Å²) in [6.45, 7) is 0. The fraction of sp³-hybridized carbons (Fsp3) is 0.200. The molecule has 0 unspecified atom stereocenters. The molecule has 3 rings (SSSR count). The molecule has 2 aromatic rings. The van der Waals surface area contributed by atoms with Gasteiger partial charge in [0, 0.05) is 13.5 Å². The van der Waals surface area contributed by atoms with Gasteiger partial charge in [0.25, 0.3) is 5.91 Å². The Morgan fingerprint density at radius 2 is 1.76 bits per heavy atom. The number of benzene rings is 2. The van der Waals surface area contributed by atoms with Gasteiger partial charge < -0.3 is 15.0 Å². The van der Waals surface area contributed by atoms with E-state index >= 15 is 0 Å². The van der Waals surface area contributed by atoms with Crippen molar-refractivity contribution in [3.8, 4) is 5.75 Å². The van der Waals surface area contributed by atoms with Gasteiger partial charge in [0.1, 0.15) is 17.5 Å². The van der Waals surface area contributed by atoms with E-state index in [1.165, 1.54) is 4.90 Å². The highest BCUT2D eigenvalue weighted by Gasteiger charge is 2.34. The van der Waals surface area contributed by atoms with E-state index < -0.39 is 6.04 Å². The van der Waals surface area contributed by atoms with Crippen LogP contribution in [0.5, 0.6) is 5.75 Å². The molecule has 0 aromatic heterocycles. The lowest BCUT2D eigenvalue weighted by molar-refractivity contribution is -0.138. The third-order valence-corrected chi connectivity index (χ3v) is 4.23. The molecular formula is C20H20N2O3. The van der Waals surface area contributed by atoms with Crippen LogP contribution in [-0.2, 0) is 16.0 Å². The van der Waals surface area contributed by atoms with Crippen molar-refractivity contribution in [3.63, 3.8) is 0 Å². The van der Waals surface area contributed by atoms with Crippen LogP contribution in [0.2, 0.25) is 0 Å². The summed E-state index contributed by atoms with van der Waals surface area (Å²) in [7, 11) is 3.23. The van der Waals surface area contributed by atoms with Crippen molar-refractivity contribution in [3.05, 3.63) is 71.4 Å². The van der Waals surface area contributed by atoms with Crippen LogP contribution in [0.1, 0.15) is 11.1 Å². The molecule has 1 atom stereocenters. The highest BCUT2D eigenvalue weighted by atomic mass is 16.5. The fourth-order valence-electron chi connectivity index (χ4n) is 2.81. The minimum atomic E-state index is -0.548. The maximum atomic E-state index is 12.6. The van der Waals surface area contributed by atoms with Gasteiger partial charge in [0.05, 0.1) is 7.11 Å². The lowest BCUT2D eigenvalue weighted by atomic mass is 10.0. The summed E-state index contributed by atoms with van der Waals surface area (Å²) >= 11 is 0. The van der Waals surface area contributed by atoms with Gasteiger partial charge in [-0.05, 0) is 29.3 Å². The molecule has 2 amide bonds. The number of carbonyl (C=O) groups excluding carboxylic acids is 2. The number of nitrogens with one attached hydrogen (secondary N) is 1. The summed E-state index contributed by atoms with van der Waals surface area (Å²) in [5.74, 6) is 0.365. The molecule has 0 bridgehead atoms. The van der Waals surface area contributed by atoms with Crippen molar-refractivity contribution in [2.45, 2.75) is 12.5 Å². The topological polar surface area (TPSA) is 58.6 Å². The van der Waals surface area contributed by atoms with Gasteiger partial charge in [-0.15, -0.1) is 0 Å². The number of hydrogen-bond acceptors (Lipinski definition) is 3. The Balaban J connectivity index is 1.79. The Hall–Kier alpha value is -3.08. The van der Waals surface area contributed by atoms with Crippen molar-refractivity contribution < 1.29 is 14.3 Å². The number of rotatable bonds is 4. The number of carbonyl (C=O) groups is 2. The highest BCUT2D eigenvalue weighted by molar-refractivity contribution is 6.07. The minimum absolute atomic E-state index is 0.122. The third kappa shape index (κ3) is 3.71. The number of nitrogens with zero attached hydrogens (tertiary/aromatic N) is 1. The first kappa shape index (κ1) is 16.8. The molecule has 1 heterocycles. The monoisotopic (exact) mass is 336 g/mol. The summed E-state index contributed by atoms with van der Waals surface area (Å²) in [5.41, 5.74) is 2.17. The molecule has 1 fully saturated rings. The van der Waals surface area contributed by atoms with Crippen LogP contribution >= 0.6 is 0 Å². The molecule has 128 valence electrons.